The average Bonchev–Trinajstić information content (AvgIpc) is 2.72. The number of piperazine rings is 1. The molecule has 1 saturated heterocycles. The number of carbonyl (C=O) groups excluding carboxylic acids is 1. The Morgan fingerprint density at radius 1 is 1.06 bits per heavy atom. The van der Waals surface area contributed by atoms with Crippen LogP contribution < -0.4 is 5.32 Å². The van der Waals surface area contributed by atoms with E-state index >= 15 is 0 Å². The standard InChI is InChI=1S/C25H36N4OS/c1-18-12-19(2)14-20(13-18)23-15-26-22-6-7-27(16-24(22)31-23)17-25(30)29-10-8-28(9-11-29)21-4-3-5-21/h12-14,21,23,26H,3-11,15-17H2,1-2H3. The highest BCUT2D eigenvalue weighted by Crippen LogP contribution is 2.41. The quantitative estimate of drug-likeness (QED) is 0.778. The molecule has 1 saturated carbocycles. The van der Waals surface area contributed by atoms with Gasteiger partial charge in [0.25, 0.3) is 0 Å². The maximum Gasteiger partial charge on any atom is 0.236 e. The van der Waals surface area contributed by atoms with Crippen LogP contribution in [0.2, 0.25) is 0 Å². The lowest BCUT2D eigenvalue weighted by molar-refractivity contribution is -0.134. The summed E-state index contributed by atoms with van der Waals surface area (Å²) in [6, 6.07) is 7.69. The molecule has 1 N–H and O–H groups in total. The molecule has 1 amide bonds. The number of nitrogens with one attached hydrogen (secondary N) is 1. The van der Waals surface area contributed by atoms with Crippen LogP contribution in [0.25, 0.3) is 0 Å². The summed E-state index contributed by atoms with van der Waals surface area (Å²) in [4.78, 5) is 21.5. The van der Waals surface area contributed by atoms with Crippen molar-refractivity contribution < 1.29 is 4.79 Å². The molecule has 1 aromatic carbocycles. The minimum Gasteiger partial charge on any atom is -0.386 e. The first-order chi connectivity index (χ1) is 15.0. The number of aryl methyl sites for hydroxylation is 2. The second kappa shape index (κ2) is 9.16. The average molecular weight is 441 g/mol. The van der Waals surface area contributed by atoms with Gasteiger partial charge < -0.3 is 10.2 Å². The molecule has 6 heteroatoms. The van der Waals surface area contributed by atoms with Gasteiger partial charge in [-0.25, -0.2) is 0 Å². The van der Waals surface area contributed by atoms with Gasteiger partial charge in [0, 0.05) is 68.9 Å². The topological polar surface area (TPSA) is 38.8 Å². The summed E-state index contributed by atoms with van der Waals surface area (Å²) in [5.74, 6) is 0.317. The van der Waals surface area contributed by atoms with Crippen molar-refractivity contribution in [3.63, 3.8) is 0 Å². The zero-order chi connectivity index (χ0) is 21.4. The van der Waals surface area contributed by atoms with E-state index in [1.807, 2.05) is 11.8 Å². The highest BCUT2D eigenvalue weighted by molar-refractivity contribution is 8.03. The zero-order valence-electron chi connectivity index (χ0n) is 19.0. The van der Waals surface area contributed by atoms with Gasteiger partial charge in [-0.3, -0.25) is 14.6 Å². The molecule has 1 aromatic rings. The van der Waals surface area contributed by atoms with Crippen molar-refractivity contribution in [3.8, 4) is 0 Å². The third-order valence-electron chi connectivity index (χ3n) is 7.40. The molecule has 0 bridgehead atoms. The predicted molar refractivity (Wildman–Crippen MR) is 128 cm³/mol. The van der Waals surface area contributed by atoms with Crippen molar-refractivity contribution in [2.75, 3.05) is 52.4 Å². The number of amides is 1. The molecule has 31 heavy (non-hydrogen) atoms. The van der Waals surface area contributed by atoms with Crippen molar-refractivity contribution in [3.05, 3.63) is 45.5 Å². The first-order valence-electron chi connectivity index (χ1n) is 12.0. The van der Waals surface area contributed by atoms with Gasteiger partial charge in [-0.2, -0.15) is 0 Å². The lowest BCUT2D eigenvalue weighted by Gasteiger charge is -2.43. The number of hydrogen-bond donors (Lipinski definition) is 1. The highest BCUT2D eigenvalue weighted by Gasteiger charge is 2.32. The lowest BCUT2D eigenvalue weighted by atomic mass is 9.91. The zero-order valence-corrected chi connectivity index (χ0v) is 19.8. The largest absolute Gasteiger partial charge is 0.386 e. The molecule has 3 heterocycles. The Balaban J connectivity index is 1.15. The molecule has 0 radical (unpaired) electrons. The Labute approximate surface area is 191 Å². The lowest BCUT2D eigenvalue weighted by Crippen LogP contribution is -2.55. The molecule has 4 aliphatic rings. The van der Waals surface area contributed by atoms with E-state index in [0.717, 1.165) is 58.3 Å². The van der Waals surface area contributed by atoms with Crippen LogP contribution in [0.5, 0.6) is 0 Å². The van der Waals surface area contributed by atoms with E-state index < -0.39 is 0 Å². The van der Waals surface area contributed by atoms with E-state index in [-0.39, 0.29) is 0 Å². The van der Waals surface area contributed by atoms with Crippen LogP contribution in [0.3, 0.4) is 0 Å². The summed E-state index contributed by atoms with van der Waals surface area (Å²) < 4.78 is 0. The van der Waals surface area contributed by atoms with E-state index in [9.17, 15) is 4.79 Å². The first kappa shape index (κ1) is 21.4. The van der Waals surface area contributed by atoms with Gasteiger partial charge in [0.05, 0.1) is 11.8 Å². The fourth-order valence-electron chi connectivity index (χ4n) is 5.41. The van der Waals surface area contributed by atoms with E-state index in [2.05, 4.69) is 52.1 Å². The number of thioether (sulfide) groups is 1. The Hall–Kier alpha value is -1.50. The van der Waals surface area contributed by atoms with Gasteiger partial charge in [0.15, 0.2) is 0 Å². The van der Waals surface area contributed by atoms with Crippen LogP contribution in [0.1, 0.15) is 47.6 Å². The molecular formula is C25H36N4OS. The molecule has 0 spiro atoms. The van der Waals surface area contributed by atoms with Crippen molar-refractivity contribution >= 4 is 17.7 Å². The number of rotatable bonds is 4. The Kier molecular flexibility index (Phi) is 6.31. The predicted octanol–water partition coefficient (Wildman–Crippen LogP) is 3.29. The molecule has 5 nitrogen and oxygen atoms in total. The van der Waals surface area contributed by atoms with Crippen LogP contribution in [0, 0.1) is 13.8 Å². The summed E-state index contributed by atoms with van der Waals surface area (Å²) in [6.45, 7) is 11.7. The summed E-state index contributed by atoms with van der Waals surface area (Å²) in [7, 11) is 0. The van der Waals surface area contributed by atoms with Crippen LogP contribution in [0.4, 0.5) is 0 Å². The molecule has 1 aliphatic carbocycles. The number of hydrogen-bond acceptors (Lipinski definition) is 5. The molecule has 5 rings (SSSR count). The fourth-order valence-corrected chi connectivity index (χ4v) is 6.76. The third-order valence-corrected chi connectivity index (χ3v) is 8.78. The maximum atomic E-state index is 13.0. The second-order valence-corrected chi connectivity index (χ2v) is 11.1. The number of benzene rings is 1. The fraction of sp³-hybridized carbons (Fsp3) is 0.640. The van der Waals surface area contributed by atoms with Crippen molar-refractivity contribution in [2.24, 2.45) is 0 Å². The Bertz CT molecular complexity index is 837. The number of nitrogens with zero attached hydrogens (tertiary/aromatic N) is 3. The van der Waals surface area contributed by atoms with E-state index in [0.29, 0.717) is 17.7 Å². The molecule has 2 fully saturated rings. The van der Waals surface area contributed by atoms with Gasteiger partial charge in [0.1, 0.15) is 0 Å². The normalized spacial score (nSPS) is 25.7. The third kappa shape index (κ3) is 4.81. The SMILES string of the molecule is Cc1cc(C)cc(C2CNC3=C(CN(CC(=O)N4CCN(C5CCC5)CC4)CC3)S2)c1. The molecule has 1 unspecified atom stereocenters. The summed E-state index contributed by atoms with van der Waals surface area (Å²) in [6.07, 6.45) is 5.13. The van der Waals surface area contributed by atoms with Gasteiger partial charge in [-0.05, 0) is 32.3 Å². The van der Waals surface area contributed by atoms with Gasteiger partial charge in [-0.1, -0.05) is 35.7 Å². The first-order valence-corrected chi connectivity index (χ1v) is 12.9. The summed E-state index contributed by atoms with van der Waals surface area (Å²) in [5, 5.41) is 4.15. The molecule has 1 atom stereocenters. The van der Waals surface area contributed by atoms with Crippen molar-refractivity contribution in [1.82, 2.24) is 20.0 Å². The van der Waals surface area contributed by atoms with Crippen LogP contribution in [-0.2, 0) is 4.79 Å². The van der Waals surface area contributed by atoms with Gasteiger partial charge in [0.2, 0.25) is 5.91 Å². The van der Waals surface area contributed by atoms with E-state index in [4.69, 9.17) is 0 Å². The molecule has 0 aromatic heterocycles. The van der Waals surface area contributed by atoms with Crippen LogP contribution >= 0.6 is 11.8 Å². The minimum absolute atomic E-state index is 0.317. The summed E-state index contributed by atoms with van der Waals surface area (Å²) in [5.41, 5.74) is 5.50. The molecule has 3 aliphatic heterocycles. The monoisotopic (exact) mass is 440 g/mol. The molecular weight excluding hydrogens is 404 g/mol. The summed E-state index contributed by atoms with van der Waals surface area (Å²) >= 11 is 2.01. The molecule has 168 valence electrons. The van der Waals surface area contributed by atoms with Gasteiger partial charge >= 0.3 is 0 Å². The minimum atomic E-state index is 0.317. The van der Waals surface area contributed by atoms with Crippen molar-refractivity contribution in [1.29, 1.82) is 0 Å². The van der Waals surface area contributed by atoms with Crippen molar-refractivity contribution in [2.45, 2.75) is 50.8 Å². The number of carbonyl (C=O) groups is 1. The van der Waals surface area contributed by atoms with Gasteiger partial charge in [-0.15, -0.1) is 11.8 Å². The smallest absolute Gasteiger partial charge is 0.236 e. The maximum absolute atomic E-state index is 13.0. The Morgan fingerprint density at radius 2 is 1.81 bits per heavy atom. The van der Waals surface area contributed by atoms with Crippen LogP contribution in [-0.4, -0.2) is 79.0 Å². The Morgan fingerprint density at radius 3 is 2.48 bits per heavy atom. The van der Waals surface area contributed by atoms with E-state index in [1.165, 1.54) is 46.6 Å². The second-order valence-electron chi connectivity index (χ2n) is 9.77. The highest BCUT2D eigenvalue weighted by atomic mass is 32.2. The van der Waals surface area contributed by atoms with Crippen LogP contribution in [0.15, 0.2) is 28.8 Å². The van der Waals surface area contributed by atoms with E-state index in [1.54, 1.807) is 0 Å².